The van der Waals surface area contributed by atoms with Gasteiger partial charge in [0, 0.05) is 35.0 Å². The normalized spacial score (nSPS) is 15.8. The van der Waals surface area contributed by atoms with Crippen molar-refractivity contribution in [2.24, 2.45) is 5.14 Å². The summed E-state index contributed by atoms with van der Waals surface area (Å²) in [7, 11) is -4.17. The van der Waals surface area contributed by atoms with Crippen molar-refractivity contribution >= 4 is 33.2 Å². The number of anilines is 1. The van der Waals surface area contributed by atoms with Crippen LogP contribution in [0.4, 0.5) is 11.4 Å². The van der Waals surface area contributed by atoms with Crippen LogP contribution in [0.5, 0.6) is 0 Å². The first-order valence-corrected chi connectivity index (χ1v) is 12.3. The summed E-state index contributed by atoms with van der Waals surface area (Å²) in [4.78, 5) is 13.7. The SMILES string of the molecule is NS(=O)(=O)c1ccc(N[C@H](CCN2CCCC2)CSc2ccccc2)cc1[N+](=O)[O-]. The second-order valence-corrected chi connectivity index (χ2v) is 9.91. The van der Waals surface area contributed by atoms with Gasteiger partial charge in [-0.05, 0) is 56.6 Å². The molecule has 10 heteroatoms. The highest BCUT2D eigenvalue weighted by atomic mass is 32.2. The van der Waals surface area contributed by atoms with Crippen molar-refractivity contribution in [3.05, 3.63) is 58.6 Å². The van der Waals surface area contributed by atoms with Gasteiger partial charge in [0.15, 0.2) is 4.90 Å². The summed E-state index contributed by atoms with van der Waals surface area (Å²) in [6.45, 7) is 3.16. The number of rotatable bonds is 10. The predicted octanol–water partition coefficient (Wildman–Crippen LogP) is 3.30. The standard InChI is InChI=1S/C20H26N4O4S2/c21-30(27,28)20-9-8-16(14-19(20)24(25)26)22-17(10-13-23-11-4-5-12-23)15-29-18-6-2-1-3-7-18/h1-3,6-9,14,17,22H,4-5,10-13,15H2,(H2,21,27,28)/t17-/m1/s1. The van der Waals surface area contributed by atoms with E-state index < -0.39 is 25.5 Å². The van der Waals surface area contributed by atoms with Crippen molar-refractivity contribution < 1.29 is 13.3 Å². The number of nitro benzene ring substituents is 1. The number of nitro groups is 1. The summed E-state index contributed by atoms with van der Waals surface area (Å²) < 4.78 is 23.3. The fourth-order valence-electron chi connectivity index (χ4n) is 3.48. The molecule has 1 saturated heterocycles. The third kappa shape index (κ3) is 6.43. The maximum Gasteiger partial charge on any atom is 0.291 e. The zero-order valence-electron chi connectivity index (χ0n) is 16.6. The van der Waals surface area contributed by atoms with Gasteiger partial charge < -0.3 is 10.2 Å². The highest BCUT2D eigenvalue weighted by molar-refractivity contribution is 7.99. The van der Waals surface area contributed by atoms with Crippen molar-refractivity contribution in [1.82, 2.24) is 4.90 Å². The molecule has 0 saturated carbocycles. The van der Waals surface area contributed by atoms with Crippen LogP contribution < -0.4 is 10.5 Å². The molecule has 0 bridgehead atoms. The number of likely N-dealkylation sites (tertiary alicyclic amines) is 1. The molecule has 0 unspecified atom stereocenters. The molecule has 2 aromatic rings. The number of thioether (sulfide) groups is 1. The molecule has 1 heterocycles. The van der Waals surface area contributed by atoms with Gasteiger partial charge >= 0.3 is 0 Å². The Morgan fingerprint density at radius 2 is 1.87 bits per heavy atom. The van der Waals surface area contributed by atoms with Gasteiger partial charge in [-0.3, -0.25) is 10.1 Å². The molecule has 0 aliphatic carbocycles. The molecule has 1 aliphatic heterocycles. The molecule has 1 atom stereocenters. The van der Waals surface area contributed by atoms with E-state index >= 15 is 0 Å². The number of hydrogen-bond donors (Lipinski definition) is 2. The van der Waals surface area contributed by atoms with E-state index in [1.807, 2.05) is 30.3 Å². The second kappa shape index (κ2) is 10.3. The first-order valence-electron chi connectivity index (χ1n) is 9.81. The third-order valence-corrected chi connectivity index (χ3v) is 7.15. The van der Waals surface area contributed by atoms with E-state index in [2.05, 4.69) is 10.2 Å². The first-order chi connectivity index (χ1) is 14.3. The summed E-state index contributed by atoms with van der Waals surface area (Å²) in [5.74, 6) is 0.780. The minimum absolute atomic E-state index is 0.0655. The van der Waals surface area contributed by atoms with E-state index in [-0.39, 0.29) is 6.04 Å². The highest BCUT2D eigenvalue weighted by Crippen LogP contribution is 2.28. The Morgan fingerprint density at radius 1 is 1.17 bits per heavy atom. The van der Waals surface area contributed by atoms with Crippen LogP contribution in [0.3, 0.4) is 0 Å². The van der Waals surface area contributed by atoms with Gasteiger partial charge in [0.05, 0.1) is 4.92 Å². The Balaban J connectivity index is 1.74. The lowest BCUT2D eigenvalue weighted by Gasteiger charge is -2.23. The average molecular weight is 451 g/mol. The molecular formula is C20H26N4O4S2. The first kappa shape index (κ1) is 22.5. The quantitative estimate of drug-likeness (QED) is 0.324. The Hall–Kier alpha value is -2.14. The van der Waals surface area contributed by atoms with Crippen LogP contribution in [0.1, 0.15) is 19.3 Å². The largest absolute Gasteiger partial charge is 0.381 e. The lowest BCUT2D eigenvalue weighted by atomic mass is 10.2. The van der Waals surface area contributed by atoms with Gasteiger partial charge in [0.25, 0.3) is 5.69 Å². The molecule has 1 aliphatic rings. The lowest BCUT2D eigenvalue weighted by Crippen LogP contribution is -2.30. The topological polar surface area (TPSA) is 119 Å². The van der Waals surface area contributed by atoms with Gasteiger partial charge in [-0.15, -0.1) is 11.8 Å². The molecule has 2 aromatic carbocycles. The molecular weight excluding hydrogens is 424 g/mol. The Labute approximate surface area is 181 Å². The van der Waals surface area contributed by atoms with Crippen LogP contribution in [0, 0.1) is 10.1 Å². The van der Waals surface area contributed by atoms with Crippen LogP contribution >= 0.6 is 11.8 Å². The van der Waals surface area contributed by atoms with E-state index in [0.29, 0.717) is 5.69 Å². The lowest BCUT2D eigenvalue weighted by molar-refractivity contribution is -0.387. The molecule has 1 fully saturated rings. The number of nitrogens with two attached hydrogens (primary N) is 1. The van der Waals surface area contributed by atoms with Crippen LogP contribution in [0.15, 0.2) is 58.3 Å². The third-order valence-electron chi connectivity index (χ3n) is 5.02. The molecule has 3 N–H and O–H groups in total. The van der Waals surface area contributed by atoms with Crippen LogP contribution in [-0.4, -0.2) is 49.7 Å². The number of sulfonamides is 1. The van der Waals surface area contributed by atoms with E-state index in [4.69, 9.17) is 5.14 Å². The van der Waals surface area contributed by atoms with Crippen molar-refractivity contribution in [3.63, 3.8) is 0 Å². The maximum absolute atomic E-state index is 11.6. The van der Waals surface area contributed by atoms with Crippen LogP contribution in [0.25, 0.3) is 0 Å². The number of primary sulfonamides is 1. The van der Waals surface area contributed by atoms with E-state index in [1.165, 1.54) is 31.0 Å². The molecule has 162 valence electrons. The van der Waals surface area contributed by atoms with Gasteiger partial charge in [-0.2, -0.15) is 0 Å². The fourth-order valence-corrected chi connectivity index (χ4v) is 5.16. The van der Waals surface area contributed by atoms with Gasteiger partial charge in [-0.1, -0.05) is 18.2 Å². The van der Waals surface area contributed by atoms with Gasteiger partial charge in [0.2, 0.25) is 10.0 Å². The summed E-state index contributed by atoms with van der Waals surface area (Å²) in [5.41, 5.74) is -0.00862. The molecule has 30 heavy (non-hydrogen) atoms. The van der Waals surface area contributed by atoms with E-state index in [9.17, 15) is 18.5 Å². The smallest absolute Gasteiger partial charge is 0.291 e. The number of nitrogens with one attached hydrogen (secondary N) is 1. The van der Waals surface area contributed by atoms with Crippen molar-refractivity contribution in [1.29, 1.82) is 0 Å². The van der Waals surface area contributed by atoms with Crippen molar-refractivity contribution in [2.75, 3.05) is 30.7 Å². The minimum Gasteiger partial charge on any atom is -0.381 e. The zero-order valence-corrected chi connectivity index (χ0v) is 18.2. The Kier molecular flexibility index (Phi) is 7.70. The number of hydrogen-bond acceptors (Lipinski definition) is 7. The number of nitrogens with zero attached hydrogens (tertiary/aromatic N) is 2. The van der Waals surface area contributed by atoms with Crippen molar-refractivity contribution in [3.8, 4) is 0 Å². The maximum atomic E-state index is 11.6. The molecule has 8 nitrogen and oxygen atoms in total. The second-order valence-electron chi connectivity index (χ2n) is 7.29. The van der Waals surface area contributed by atoms with Gasteiger partial charge in [-0.25, -0.2) is 13.6 Å². The molecule has 0 amide bonds. The Bertz CT molecular complexity index is 964. The predicted molar refractivity (Wildman–Crippen MR) is 119 cm³/mol. The number of benzene rings is 2. The summed E-state index contributed by atoms with van der Waals surface area (Å²) in [5, 5.41) is 19.8. The molecule has 0 radical (unpaired) electrons. The van der Waals surface area contributed by atoms with Gasteiger partial charge in [0.1, 0.15) is 0 Å². The van der Waals surface area contributed by atoms with Crippen molar-refractivity contribution in [2.45, 2.75) is 35.1 Å². The molecule has 3 rings (SSSR count). The zero-order chi connectivity index (χ0) is 21.6. The Morgan fingerprint density at radius 3 is 2.50 bits per heavy atom. The molecule has 0 aromatic heterocycles. The van der Waals surface area contributed by atoms with Crippen LogP contribution in [0.2, 0.25) is 0 Å². The monoisotopic (exact) mass is 450 g/mol. The molecule has 0 spiro atoms. The minimum atomic E-state index is -4.17. The average Bonchev–Trinajstić information content (AvgIpc) is 3.23. The highest BCUT2D eigenvalue weighted by Gasteiger charge is 2.24. The van der Waals surface area contributed by atoms with Crippen LogP contribution in [-0.2, 0) is 10.0 Å². The summed E-state index contributed by atoms with van der Waals surface area (Å²) >= 11 is 1.72. The van der Waals surface area contributed by atoms with E-state index in [1.54, 1.807) is 11.8 Å². The fraction of sp³-hybridized carbons (Fsp3) is 0.400. The summed E-state index contributed by atoms with van der Waals surface area (Å²) in [6.07, 6.45) is 3.32. The summed E-state index contributed by atoms with van der Waals surface area (Å²) in [6, 6.07) is 14.1. The van der Waals surface area contributed by atoms with E-state index in [0.717, 1.165) is 36.7 Å².